The van der Waals surface area contributed by atoms with Gasteiger partial charge in [0.2, 0.25) is 0 Å². The summed E-state index contributed by atoms with van der Waals surface area (Å²) in [6.45, 7) is 4.23. The summed E-state index contributed by atoms with van der Waals surface area (Å²) in [6.07, 6.45) is 7.64. The summed E-state index contributed by atoms with van der Waals surface area (Å²) < 4.78 is 8.04. The van der Waals surface area contributed by atoms with Crippen LogP contribution in [0.25, 0.3) is 10.9 Å². The molecule has 2 heteroatoms. The first kappa shape index (κ1) is 11.8. The van der Waals surface area contributed by atoms with Crippen molar-refractivity contribution >= 4 is 10.9 Å². The SMILES string of the molecule is Cc1ccc2ccn(CCCC3CCCO3)c2c1. The molecule has 1 fully saturated rings. The van der Waals surface area contributed by atoms with Gasteiger partial charge < -0.3 is 9.30 Å². The molecule has 2 heterocycles. The Balaban J connectivity index is 1.65. The van der Waals surface area contributed by atoms with Gasteiger partial charge in [0.05, 0.1) is 6.10 Å². The van der Waals surface area contributed by atoms with Crippen molar-refractivity contribution in [3.8, 4) is 0 Å². The molecule has 0 spiro atoms. The highest BCUT2D eigenvalue weighted by molar-refractivity contribution is 5.80. The fourth-order valence-corrected chi connectivity index (χ4v) is 2.85. The Morgan fingerprint density at radius 3 is 3.11 bits per heavy atom. The smallest absolute Gasteiger partial charge is 0.0576 e. The quantitative estimate of drug-likeness (QED) is 0.794. The molecule has 0 amide bonds. The van der Waals surface area contributed by atoms with Gasteiger partial charge in [-0.1, -0.05) is 12.1 Å². The Morgan fingerprint density at radius 1 is 1.33 bits per heavy atom. The van der Waals surface area contributed by atoms with Crippen molar-refractivity contribution in [2.24, 2.45) is 0 Å². The minimum absolute atomic E-state index is 0.522. The van der Waals surface area contributed by atoms with Gasteiger partial charge in [-0.2, -0.15) is 0 Å². The number of nitrogens with zero attached hydrogens (tertiary/aromatic N) is 1. The van der Waals surface area contributed by atoms with Gasteiger partial charge in [-0.25, -0.2) is 0 Å². The van der Waals surface area contributed by atoms with E-state index < -0.39 is 0 Å². The molecule has 1 aromatic carbocycles. The van der Waals surface area contributed by atoms with Crippen molar-refractivity contribution < 1.29 is 4.74 Å². The zero-order valence-corrected chi connectivity index (χ0v) is 11.1. The Hall–Kier alpha value is -1.28. The number of hydrogen-bond donors (Lipinski definition) is 0. The molecule has 0 radical (unpaired) electrons. The lowest BCUT2D eigenvalue weighted by Crippen LogP contribution is -2.06. The highest BCUT2D eigenvalue weighted by Gasteiger charge is 2.14. The number of hydrogen-bond acceptors (Lipinski definition) is 1. The number of aromatic nitrogens is 1. The van der Waals surface area contributed by atoms with E-state index in [-0.39, 0.29) is 0 Å². The highest BCUT2D eigenvalue weighted by atomic mass is 16.5. The first-order valence-corrected chi connectivity index (χ1v) is 7.00. The molecule has 1 saturated heterocycles. The lowest BCUT2D eigenvalue weighted by atomic mass is 10.1. The maximum absolute atomic E-state index is 5.67. The maximum atomic E-state index is 5.67. The monoisotopic (exact) mass is 243 g/mol. The molecular weight excluding hydrogens is 222 g/mol. The molecule has 1 aliphatic rings. The van der Waals surface area contributed by atoms with Crippen molar-refractivity contribution in [3.05, 3.63) is 36.0 Å². The van der Waals surface area contributed by atoms with Gasteiger partial charge in [0, 0.05) is 24.9 Å². The van der Waals surface area contributed by atoms with Crippen LogP contribution in [0.5, 0.6) is 0 Å². The van der Waals surface area contributed by atoms with Gasteiger partial charge >= 0.3 is 0 Å². The minimum Gasteiger partial charge on any atom is -0.378 e. The zero-order valence-electron chi connectivity index (χ0n) is 11.1. The van der Waals surface area contributed by atoms with Gasteiger partial charge in [0.1, 0.15) is 0 Å². The van der Waals surface area contributed by atoms with Crippen molar-refractivity contribution in [3.63, 3.8) is 0 Å². The Morgan fingerprint density at radius 2 is 2.28 bits per heavy atom. The average Bonchev–Trinajstić information content (AvgIpc) is 2.99. The number of ether oxygens (including phenoxy) is 1. The van der Waals surface area contributed by atoms with Crippen LogP contribution in [0.1, 0.15) is 31.2 Å². The fraction of sp³-hybridized carbons (Fsp3) is 0.500. The molecule has 1 aliphatic heterocycles. The van der Waals surface area contributed by atoms with Gasteiger partial charge in [-0.3, -0.25) is 0 Å². The second kappa shape index (κ2) is 5.15. The molecule has 1 unspecified atom stereocenters. The summed E-state index contributed by atoms with van der Waals surface area (Å²) in [4.78, 5) is 0. The maximum Gasteiger partial charge on any atom is 0.0576 e. The number of rotatable bonds is 4. The predicted octanol–water partition coefficient (Wildman–Crippen LogP) is 3.91. The van der Waals surface area contributed by atoms with Crippen LogP contribution in [0.4, 0.5) is 0 Å². The average molecular weight is 243 g/mol. The van der Waals surface area contributed by atoms with Crippen LogP contribution in [-0.4, -0.2) is 17.3 Å². The van der Waals surface area contributed by atoms with E-state index in [1.54, 1.807) is 0 Å². The fourth-order valence-electron chi connectivity index (χ4n) is 2.85. The molecule has 0 bridgehead atoms. The molecule has 18 heavy (non-hydrogen) atoms. The third-order valence-electron chi connectivity index (χ3n) is 3.88. The van der Waals surface area contributed by atoms with Crippen LogP contribution in [-0.2, 0) is 11.3 Å². The highest BCUT2D eigenvalue weighted by Crippen LogP contribution is 2.20. The van der Waals surface area contributed by atoms with Gasteiger partial charge in [0.15, 0.2) is 0 Å². The summed E-state index contributed by atoms with van der Waals surface area (Å²) in [7, 11) is 0. The minimum atomic E-state index is 0.522. The van der Waals surface area contributed by atoms with Crippen LogP contribution in [0.2, 0.25) is 0 Å². The van der Waals surface area contributed by atoms with E-state index in [0.717, 1.165) is 13.2 Å². The lowest BCUT2D eigenvalue weighted by Gasteiger charge is -2.10. The normalized spacial score (nSPS) is 19.7. The second-order valence-electron chi connectivity index (χ2n) is 5.35. The summed E-state index contributed by atoms with van der Waals surface area (Å²) >= 11 is 0. The van der Waals surface area contributed by atoms with E-state index >= 15 is 0 Å². The van der Waals surface area contributed by atoms with Crippen LogP contribution >= 0.6 is 0 Å². The Bertz CT molecular complexity index is 523. The largest absolute Gasteiger partial charge is 0.378 e. The van der Waals surface area contributed by atoms with E-state index in [1.807, 2.05) is 0 Å². The standard InChI is InChI=1S/C16H21NO/c1-13-6-7-14-8-10-17(16(14)12-13)9-2-4-15-5-3-11-18-15/h6-8,10,12,15H,2-5,9,11H2,1H3. The topological polar surface area (TPSA) is 14.2 Å². The third kappa shape index (κ3) is 2.44. The van der Waals surface area contributed by atoms with E-state index in [1.165, 1.54) is 42.1 Å². The van der Waals surface area contributed by atoms with Gasteiger partial charge in [-0.15, -0.1) is 0 Å². The van der Waals surface area contributed by atoms with E-state index in [4.69, 9.17) is 4.74 Å². The van der Waals surface area contributed by atoms with Crippen molar-refractivity contribution in [1.82, 2.24) is 4.57 Å². The third-order valence-corrected chi connectivity index (χ3v) is 3.88. The van der Waals surface area contributed by atoms with Gasteiger partial charge in [-0.05, 0) is 55.7 Å². The van der Waals surface area contributed by atoms with E-state index in [9.17, 15) is 0 Å². The van der Waals surface area contributed by atoms with Crippen LogP contribution < -0.4 is 0 Å². The van der Waals surface area contributed by atoms with Crippen LogP contribution in [0, 0.1) is 6.92 Å². The molecule has 0 aliphatic carbocycles. The summed E-state index contributed by atoms with van der Waals surface area (Å²) in [6, 6.07) is 8.88. The Kier molecular flexibility index (Phi) is 3.37. The number of fused-ring (bicyclic) bond motifs is 1. The first-order valence-electron chi connectivity index (χ1n) is 7.00. The molecule has 2 aromatic rings. The zero-order chi connectivity index (χ0) is 12.4. The molecule has 2 nitrogen and oxygen atoms in total. The number of benzene rings is 1. The van der Waals surface area contributed by atoms with Crippen LogP contribution in [0.3, 0.4) is 0 Å². The molecule has 0 N–H and O–H groups in total. The van der Waals surface area contributed by atoms with Crippen molar-refractivity contribution in [1.29, 1.82) is 0 Å². The van der Waals surface area contributed by atoms with E-state index in [0.29, 0.717) is 6.10 Å². The molecule has 1 aromatic heterocycles. The second-order valence-corrected chi connectivity index (χ2v) is 5.35. The first-order chi connectivity index (χ1) is 8.83. The summed E-state index contributed by atoms with van der Waals surface area (Å²) in [5, 5.41) is 1.35. The van der Waals surface area contributed by atoms with Crippen molar-refractivity contribution in [2.45, 2.75) is 45.3 Å². The predicted molar refractivity (Wildman–Crippen MR) is 74.9 cm³/mol. The van der Waals surface area contributed by atoms with Crippen molar-refractivity contribution in [2.75, 3.05) is 6.61 Å². The molecule has 96 valence electrons. The number of aryl methyl sites for hydroxylation is 2. The van der Waals surface area contributed by atoms with E-state index in [2.05, 4.69) is 42.0 Å². The molecular formula is C16H21NO. The molecule has 0 saturated carbocycles. The molecule has 3 rings (SSSR count). The Labute approximate surface area is 109 Å². The van der Waals surface area contributed by atoms with Crippen LogP contribution in [0.15, 0.2) is 30.5 Å². The summed E-state index contributed by atoms with van der Waals surface area (Å²) in [5.41, 5.74) is 2.70. The van der Waals surface area contributed by atoms with Gasteiger partial charge in [0.25, 0.3) is 0 Å². The lowest BCUT2D eigenvalue weighted by molar-refractivity contribution is 0.101. The molecule has 1 atom stereocenters. The summed E-state index contributed by atoms with van der Waals surface area (Å²) in [5.74, 6) is 0.